The monoisotopic (exact) mass is 520 g/mol. The van der Waals surface area contributed by atoms with E-state index in [2.05, 4.69) is 47.2 Å². The quantitative estimate of drug-likeness (QED) is 0.415. The second-order valence-electron chi connectivity index (χ2n) is 9.55. The summed E-state index contributed by atoms with van der Waals surface area (Å²) < 4.78 is 0.973. The van der Waals surface area contributed by atoms with Gasteiger partial charge in [-0.1, -0.05) is 72.3 Å². The molecule has 5 rings (SSSR count). The highest BCUT2D eigenvalue weighted by atomic mass is 79.9. The molecule has 6 heteroatoms. The number of carbonyl (C=O) groups excluding carboxylic acids is 3. The van der Waals surface area contributed by atoms with Crippen LogP contribution in [0.25, 0.3) is 0 Å². The Balaban J connectivity index is 1.50. The summed E-state index contributed by atoms with van der Waals surface area (Å²) in [6.45, 7) is 4.10. The molecule has 2 aromatic carbocycles. The van der Waals surface area contributed by atoms with E-state index in [1.54, 1.807) is 0 Å². The first-order valence-corrected chi connectivity index (χ1v) is 12.9. The summed E-state index contributed by atoms with van der Waals surface area (Å²) in [5.74, 6) is -1.10. The molecule has 2 bridgehead atoms. The lowest BCUT2D eigenvalue weighted by molar-refractivity contribution is -0.147. The van der Waals surface area contributed by atoms with Crippen LogP contribution in [0, 0.1) is 23.7 Å². The summed E-state index contributed by atoms with van der Waals surface area (Å²) in [6.07, 6.45) is 6.84. The van der Waals surface area contributed by atoms with E-state index >= 15 is 0 Å². The molecule has 176 valence electrons. The largest absolute Gasteiger partial charge is 0.324 e. The predicted octanol–water partition coefficient (Wildman–Crippen LogP) is 4.93. The van der Waals surface area contributed by atoms with Crippen molar-refractivity contribution in [2.24, 2.45) is 23.7 Å². The number of anilines is 1. The lowest BCUT2D eigenvalue weighted by Gasteiger charge is -2.28. The number of imide groups is 1. The van der Waals surface area contributed by atoms with Gasteiger partial charge in [-0.05, 0) is 59.9 Å². The number of hydrogen-bond donors (Lipinski definition) is 1. The number of carbonyl (C=O) groups is 3. The van der Waals surface area contributed by atoms with Crippen LogP contribution in [0.2, 0.25) is 0 Å². The van der Waals surface area contributed by atoms with Crippen molar-refractivity contribution in [1.82, 2.24) is 4.90 Å². The molecule has 2 aromatic rings. The molecular formula is C28H29BrN2O3. The molecule has 3 amide bonds. The fraction of sp³-hybridized carbons (Fsp3) is 0.393. The molecule has 5 nitrogen and oxygen atoms in total. The van der Waals surface area contributed by atoms with E-state index < -0.39 is 6.04 Å². The van der Waals surface area contributed by atoms with Crippen LogP contribution in [0.4, 0.5) is 5.69 Å². The van der Waals surface area contributed by atoms with Crippen LogP contribution in [0.1, 0.15) is 37.0 Å². The Morgan fingerprint density at radius 3 is 2.09 bits per heavy atom. The fourth-order valence-electron chi connectivity index (χ4n) is 6.02. The van der Waals surface area contributed by atoms with Crippen LogP contribution < -0.4 is 5.32 Å². The first kappa shape index (κ1) is 23.0. The number of aryl methyl sites for hydroxylation is 2. The molecule has 1 saturated carbocycles. The van der Waals surface area contributed by atoms with Crippen molar-refractivity contribution in [2.75, 3.05) is 5.32 Å². The van der Waals surface area contributed by atoms with E-state index in [9.17, 15) is 14.4 Å². The van der Waals surface area contributed by atoms with Gasteiger partial charge in [0.05, 0.1) is 11.8 Å². The van der Waals surface area contributed by atoms with Crippen LogP contribution in [0.15, 0.2) is 59.1 Å². The Hall–Kier alpha value is -2.73. The molecule has 0 radical (unpaired) electrons. The van der Waals surface area contributed by atoms with Crippen molar-refractivity contribution in [3.8, 4) is 0 Å². The number of hydrogen-bond acceptors (Lipinski definition) is 3. The standard InChI is InChI=1S/C28H29BrN2O3/c1-3-17-14-21(29)15-18(4-2)25(17)30-26(32)22(12-16-8-6-5-7-9-16)31-27(33)23-19-10-11-20(13-19)24(23)28(31)34/h5-11,14-15,19-20,22-24H,3-4,12-13H2,1-2H3,(H,30,32)/t19-,20+,22-,23+,24-/m0/s1. The Bertz CT molecular complexity index is 1120. The van der Waals surface area contributed by atoms with E-state index in [-0.39, 0.29) is 41.4 Å². The summed E-state index contributed by atoms with van der Waals surface area (Å²) in [5.41, 5.74) is 3.76. The molecule has 0 spiro atoms. The highest BCUT2D eigenvalue weighted by Crippen LogP contribution is 2.53. The number of halogens is 1. The van der Waals surface area contributed by atoms with Gasteiger partial charge in [0, 0.05) is 16.6 Å². The van der Waals surface area contributed by atoms with Crippen LogP contribution in [0.5, 0.6) is 0 Å². The Morgan fingerprint density at radius 1 is 1.00 bits per heavy atom. The van der Waals surface area contributed by atoms with Crippen molar-refractivity contribution in [3.63, 3.8) is 0 Å². The molecule has 2 fully saturated rings. The van der Waals surface area contributed by atoms with Gasteiger partial charge >= 0.3 is 0 Å². The molecule has 1 N–H and O–H groups in total. The van der Waals surface area contributed by atoms with Gasteiger partial charge in [0.25, 0.3) is 0 Å². The van der Waals surface area contributed by atoms with Gasteiger partial charge in [0.2, 0.25) is 17.7 Å². The van der Waals surface area contributed by atoms with Crippen LogP contribution in [-0.4, -0.2) is 28.7 Å². The molecule has 1 aliphatic heterocycles. The minimum atomic E-state index is -0.884. The lowest BCUT2D eigenvalue weighted by atomic mass is 9.85. The smallest absolute Gasteiger partial charge is 0.248 e. The summed E-state index contributed by atoms with van der Waals surface area (Å²) in [4.78, 5) is 42.2. The normalized spacial score (nSPS) is 25.7. The van der Waals surface area contributed by atoms with Crippen molar-refractivity contribution in [1.29, 1.82) is 0 Å². The Kier molecular flexibility index (Phi) is 6.19. The minimum Gasteiger partial charge on any atom is -0.324 e. The molecule has 1 saturated heterocycles. The minimum absolute atomic E-state index is 0.113. The van der Waals surface area contributed by atoms with Gasteiger partial charge in [0.1, 0.15) is 6.04 Å². The highest BCUT2D eigenvalue weighted by Gasteiger charge is 2.61. The fourth-order valence-corrected chi connectivity index (χ4v) is 6.57. The molecule has 3 aliphatic rings. The van der Waals surface area contributed by atoms with E-state index in [0.717, 1.165) is 46.1 Å². The molecule has 34 heavy (non-hydrogen) atoms. The third kappa shape index (κ3) is 3.82. The van der Waals surface area contributed by atoms with E-state index in [1.807, 2.05) is 42.5 Å². The van der Waals surface area contributed by atoms with Gasteiger partial charge in [-0.25, -0.2) is 0 Å². The summed E-state index contributed by atoms with van der Waals surface area (Å²) in [6, 6.07) is 12.8. The third-order valence-electron chi connectivity index (χ3n) is 7.67. The van der Waals surface area contributed by atoms with Gasteiger partial charge in [0.15, 0.2) is 0 Å². The maximum absolute atomic E-state index is 13.8. The number of likely N-dealkylation sites (tertiary alicyclic amines) is 1. The summed E-state index contributed by atoms with van der Waals surface area (Å²) in [7, 11) is 0. The predicted molar refractivity (Wildman–Crippen MR) is 135 cm³/mol. The SMILES string of the molecule is CCc1cc(Br)cc(CC)c1NC(=O)[C@H](Cc1ccccc1)N1C(=O)[C@@H]2[C@H](C1=O)[C@H]1C=C[C@@H]2C1. The second kappa shape index (κ2) is 9.14. The first-order chi connectivity index (χ1) is 16.4. The van der Waals surface area contributed by atoms with Crippen molar-refractivity contribution < 1.29 is 14.4 Å². The number of amides is 3. The topological polar surface area (TPSA) is 66.5 Å². The summed E-state index contributed by atoms with van der Waals surface area (Å²) in [5, 5.41) is 3.13. The van der Waals surface area contributed by atoms with Gasteiger partial charge in [-0.2, -0.15) is 0 Å². The Morgan fingerprint density at radius 2 is 1.56 bits per heavy atom. The van der Waals surface area contributed by atoms with E-state index in [0.29, 0.717) is 6.42 Å². The van der Waals surface area contributed by atoms with Crippen LogP contribution in [0.3, 0.4) is 0 Å². The van der Waals surface area contributed by atoms with Gasteiger partial charge < -0.3 is 5.32 Å². The maximum atomic E-state index is 13.8. The highest BCUT2D eigenvalue weighted by molar-refractivity contribution is 9.10. The first-order valence-electron chi connectivity index (χ1n) is 12.1. The molecule has 1 heterocycles. The van der Waals surface area contributed by atoms with Gasteiger partial charge in [-0.3, -0.25) is 19.3 Å². The van der Waals surface area contributed by atoms with Crippen molar-refractivity contribution in [2.45, 2.75) is 45.6 Å². The number of benzene rings is 2. The molecule has 0 aromatic heterocycles. The van der Waals surface area contributed by atoms with E-state index in [1.165, 1.54) is 4.90 Å². The van der Waals surface area contributed by atoms with Crippen molar-refractivity contribution in [3.05, 3.63) is 75.8 Å². The number of fused-ring (bicyclic) bond motifs is 5. The second-order valence-corrected chi connectivity index (χ2v) is 10.5. The maximum Gasteiger partial charge on any atom is 0.248 e. The third-order valence-corrected chi connectivity index (χ3v) is 8.12. The van der Waals surface area contributed by atoms with Crippen molar-refractivity contribution >= 4 is 39.3 Å². The van der Waals surface area contributed by atoms with Crippen LogP contribution >= 0.6 is 15.9 Å². The van der Waals surface area contributed by atoms with E-state index in [4.69, 9.17) is 0 Å². The van der Waals surface area contributed by atoms with Crippen LogP contribution in [-0.2, 0) is 33.6 Å². The van der Waals surface area contributed by atoms with Gasteiger partial charge in [-0.15, -0.1) is 0 Å². The molecule has 0 unspecified atom stereocenters. The zero-order valence-corrected chi connectivity index (χ0v) is 21.0. The lowest BCUT2D eigenvalue weighted by Crippen LogP contribution is -2.49. The zero-order valence-electron chi connectivity index (χ0n) is 19.5. The number of nitrogens with one attached hydrogen (secondary N) is 1. The molecule has 2 aliphatic carbocycles. The number of allylic oxidation sites excluding steroid dienone is 2. The number of rotatable bonds is 7. The number of nitrogens with zero attached hydrogens (tertiary/aromatic N) is 1. The average molecular weight is 521 g/mol. The summed E-state index contributed by atoms with van der Waals surface area (Å²) >= 11 is 3.57. The average Bonchev–Trinajstić information content (AvgIpc) is 3.53. The zero-order chi connectivity index (χ0) is 24.0. The molecule has 5 atom stereocenters. The molecular weight excluding hydrogens is 492 g/mol. The Labute approximate surface area is 208 Å².